The highest BCUT2D eigenvalue weighted by molar-refractivity contribution is 6.22. The lowest BCUT2D eigenvalue weighted by Crippen LogP contribution is -2.01. The van der Waals surface area contributed by atoms with E-state index >= 15 is 0 Å². The van der Waals surface area contributed by atoms with E-state index in [1.807, 2.05) is 84.9 Å². The summed E-state index contributed by atoms with van der Waals surface area (Å²) in [6.07, 6.45) is 0. The first-order valence-electron chi connectivity index (χ1n) is 15.9. The molecule has 0 saturated carbocycles. The van der Waals surface area contributed by atoms with E-state index in [9.17, 15) is 0 Å². The second-order valence-electron chi connectivity index (χ2n) is 11.9. The van der Waals surface area contributed by atoms with E-state index in [0.29, 0.717) is 17.5 Å². The Kier molecular flexibility index (Phi) is 5.81. The molecule has 0 aliphatic carbocycles. The van der Waals surface area contributed by atoms with Gasteiger partial charge in [-0.1, -0.05) is 121 Å². The van der Waals surface area contributed by atoms with Crippen LogP contribution < -0.4 is 0 Å². The fourth-order valence-electron chi connectivity index (χ4n) is 6.97. The zero-order valence-electron chi connectivity index (χ0n) is 25.6. The number of rotatable bonds is 4. The Bertz CT molecular complexity index is 2780. The molecule has 10 rings (SSSR count). The van der Waals surface area contributed by atoms with Gasteiger partial charge in [-0.15, -0.1) is 0 Å². The zero-order chi connectivity index (χ0) is 31.6. The van der Waals surface area contributed by atoms with Crippen molar-refractivity contribution in [2.45, 2.75) is 0 Å². The van der Waals surface area contributed by atoms with Gasteiger partial charge in [0.05, 0.1) is 0 Å². The average Bonchev–Trinajstić information content (AvgIpc) is 3.74. The van der Waals surface area contributed by atoms with Crippen LogP contribution in [-0.2, 0) is 0 Å². The van der Waals surface area contributed by atoms with Gasteiger partial charge in [-0.25, -0.2) is 15.0 Å². The van der Waals surface area contributed by atoms with Crippen molar-refractivity contribution in [1.82, 2.24) is 15.0 Å². The van der Waals surface area contributed by atoms with Gasteiger partial charge < -0.3 is 8.83 Å². The summed E-state index contributed by atoms with van der Waals surface area (Å²) < 4.78 is 13.0. The van der Waals surface area contributed by atoms with E-state index < -0.39 is 0 Å². The molecule has 0 saturated heterocycles. The quantitative estimate of drug-likeness (QED) is 0.197. The molecule has 0 aliphatic rings. The Morgan fingerprint density at radius 2 is 0.979 bits per heavy atom. The minimum absolute atomic E-state index is 0.574. The molecule has 0 N–H and O–H groups in total. The van der Waals surface area contributed by atoms with Crippen molar-refractivity contribution in [2.24, 2.45) is 0 Å². The van der Waals surface area contributed by atoms with Crippen molar-refractivity contribution >= 4 is 54.6 Å². The summed E-state index contributed by atoms with van der Waals surface area (Å²) in [5, 5.41) is 6.31. The SMILES string of the molecule is c1ccc(-c2nc(-c3ccccc3)nc(-c3c(-c4cccc5oc6c7ccccc7ccc6c45)ccc4oc5ccccc5c34)n2)cc1. The third-order valence-corrected chi connectivity index (χ3v) is 9.14. The zero-order valence-corrected chi connectivity index (χ0v) is 25.6. The third-order valence-electron chi connectivity index (χ3n) is 9.14. The van der Waals surface area contributed by atoms with E-state index in [1.165, 1.54) is 0 Å². The molecular formula is C43H25N3O2. The first kappa shape index (κ1) is 26.6. The second kappa shape index (κ2) is 10.5. The van der Waals surface area contributed by atoms with Gasteiger partial charge in [0, 0.05) is 43.6 Å². The number of para-hydroxylation sites is 1. The first-order valence-corrected chi connectivity index (χ1v) is 15.9. The summed E-state index contributed by atoms with van der Waals surface area (Å²) >= 11 is 0. The van der Waals surface area contributed by atoms with E-state index in [4.69, 9.17) is 23.8 Å². The molecule has 3 aromatic heterocycles. The maximum atomic E-state index is 6.61. The third kappa shape index (κ3) is 4.08. The standard InChI is InChI=1S/C43H25N3O2/c1-3-13-27(14-4-1)41-44-42(28-15-5-2-6-16-28)46-43(45-41)39-31(24-25-36-38(39)32-18-9-10-20-34(32)47-36)30-19-11-21-35-37(30)33-23-22-26-12-7-8-17-29(26)40(33)48-35/h1-25H. The molecule has 0 unspecified atom stereocenters. The second-order valence-corrected chi connectivity index (χ2v) is 11.9. The summed E-state index contributed by atoms with van der Waals surface area (Å²) in [6.45, 7) is 0. The minimum Gasteiger partial charge on any atom is -0.456 e. The van der Waals surface area contributed by atoms with Gasteiger partial charge in [0.25, 0.3) is 0 Å². The van der Waals surface area contributed by atoms with Crippen LogP contribution in [-0.4, -0.2) is 15.0 Å². The molecule has 0 fully saturated rings. The largest absolute Gasteiger partial charge is 0.456 e. The predicted molar refractivity (Wildman–Crippen MR) is 194 cm³/mol. The van der Waals surface area contributed by atoms with Crippen molar-refractivity contribution < 1.29 is 8.83 Å². The maximum Gasteiger partial charge on any atom is 0.165 e. The van der Waals surface area contributed by atoms with Crippen LogP contribution >= 0.6 is 0 Å². The van der Waals surface area contributed by atoms with Crippen molar-refractivity contribution in [3.63, 3.8) is 0 Å². The lowest BCUT2D eigenvalue weighted by molar-refractivity contribution is 0.669. The van der Waals surface area contributed by atoms with Gasteiger partial charge in [-0.2, -0.15) is 0 Å². The molecule has 48 heavy (non-hydrogen) atoms. The summed E-state index contributed by atoms with van der Waals surface area (Å²) in [5.41, 5.74) is 8.02. The highest BCUT2D eigenvalue weighted by Gasteiger charge is 2.24. The fourth-order valence-corrected chi connectivity index (χ4v) is 6.97. The van der Waals surface area contributed by atoms with Crippen LogP contribution in [0.2, 0.25) is 0 Å². The van der Waals surface area contributed by atoms with Gasteiger partial charge in [-0.3, -0.25) is 0 Å². The molecule has 10 aromatic rings. The summed E-state index contributed by atoms with van der Waals surface area (Å²) in [5.74, 6) is 1.78. The van der Waals surface area contributed by atoms with Gasteiger partial charge in [0.15, 0.2) is 17.5 Å². The number of hydrogen-bond acceptors (Lipinski definition) is 5. The molecular weight excluding hydrogens is 590 g/mol. The van der Waals surface area contributed by atoms with Crippen LogP contribution in [0, 0.1) is 0 Å². The maximum absolute atomic E-state index is 6.61. The van der Waals surface area contributed by atoms with E-state index in [0.717, 1.165) is 82.5 Å². The Balaban J connectivity index is 1.34. The predicted octanol–water partition coefficient (Wildman–Crippen LogP) is 11.5. The summed E-state index contributed by atoms with van der Waals surface area (Å²) in [7, 11) is 0. The van der Waals surface area contributed by atoms with Crippen molar-refractivity contribution in [3.8, 4) is 45.3 Å². The molecule has 0 spiro atoms. The van der Waals surface area contributed by atoms with Crippen molar-refractivity contribution in [1.29, 1.82) is 0 Å². The molecule has 5 nitrogen and oxygen atoms in total. The average molecular weight is 616 g/mol. The number of fused-ring (bicyclic) bond motifs is 8. The number of hydrogen-bond donors (Lipinski definition) is 0. The summed E-state index contributed by atoms with van der Waals surface area (Å²) in [6, 6.07) is 51.4. The van der Waals surface area contributed by atoms with E-state index in [1.54, 1.807) is 0 Å². The van der Waals surface area contributed by atoms with Crippen molar-refractivity contribution in [2.75, 3.05) is 0 Å². The summed E-state index contributed by atoms with van der Waals surface area (Å²) in [4.78, 5) is 15.4. The molecule has 0 bridgehead atoms. The van der Waals surface area contributed by atoms with E-state index in [-0.39, 0.29) is 0 Å². The van der Waals surface area contributed by atoms with Crippen LogP contribution in [0.15, 0.2) is 160 Å². The van der Waals surface area contributed by atoms with Crippen LogP contribution in [0.25, 0.3) is 99.9 Å². The Hall–Kier alpha value is -6.59. The van der Waals surface area contributed by atoms with Gasteiger partial charge >= 0.3 is 0 Å². The normalized spacial score (nSPS) is 11.8. The molecule has 3 heterocycles. The topological polar surface area (TPSA) is 65.0 Å². The molecule has 0 radical (unpaired) electrons. The van der Waals surface area contributed by atoms with Crippen LogP contribution in [0.4, 0.5) is 0 Å². The monoisotopic (exact) mass is 615 g/mol. The number of benzene rings is 7. The number of nitrogens with zero attached hydrogens (tertiary/aromatic N) is 3. The lowest BCUT2D eigenvalue weighted by Gasteiger charge is -2.14. The lowest BCUT2D eigenvalue weighted by atomic mass is 9.91. The van der Waals surface area contributed by atoms with Gasteiger partial charge in [0.2, 0.25) is 0 Å². The Labute approximate surface area is 274 Å². The number of aromatic nitrogens is 3. The Morgan fingerprint density at radius 1 is 0.354 bits per heavy atom. The molecule has 0 atom stereocenters. The Morgan fingerprint density at radius 3 is 1.75 bits per heavy atom. The number of furan rings is 2. The van der Waals surface area contributed by atoms with Gasteiger partial charge in [0.1, 0.15) is 22.3 Å². The van der Waals surface area contributed by atoms with Gasteiger partial charge in [-0.05, 0) is 46.8 Å². The van der Waals surface area contributed by atoms with Crippen molar-refractivity contribution in [3.05, 3.63) is 152 Å². The fraction of sp³-hybridized carbons (Fsp3) is 0. The highest BCUT2D eigenvalue weighted by atomic mass is 16.3. The van der Waals surface area contributed by atoms with Crippen LogP contribution in [0.1, 0.15) is 0 Å². The van der Waals surface area contributed by atoms with E-state index in [2.05, 4.69) is 66.7 Å². The molecule has 5 heteroatoms. The minimum atomic E-state index is 0.574. The molecule has 0 amide bonds. The molecule has 0 aliphatic heterocycles. The highest BCUT2D eigenvalue weighted by Crippen LogP contribution is 2.46. The first-order chi connectivity index (χ1) is 23.8. The molecule has 7 aromatic carbocycles. The smallest absolute Gasteiger partial charge is 0.165 e. The molecule has 224 valence electrons. The van der Waals surface area contributed by atoms with Crippen LogP contribution in [0.5, 0.6) is 0 Å². The van der Waals surface area contributed by atoms with Crippen LogP contribution in [0.3, 0.4) is 0 Å².